The van der Waals surface area contributed by atoms with E-state index in [0.717, 1.165) is 17.7 Å². The monoisotopic (exact) mass is 280 g/mol. The highest BCUT2D eigenvalue weighted by molar-refractivity contribution is 7.92. The number of benzene rings is 1. The molecule has 0 aliphatic rings. The maximum absolute atomic E-state index is 11.1. The Labute approximate surface area is 112 Å². The van der Waals surface area contributed by atoms with E-state index < -0.39 is 10.0 Å². The summed E-state index contributed by atoms with van der Waals surface area (Å²) >= 11 is 0. The minimum absolute atomic E-state index is 0.0451. The second-order valence-corrected chi connectivity index (χ2v) is 6.08. The molecule has 1 aromatic heterocycles. The summed E-state index contributed by atoms with van der Waals surface area (Å²) in [5.41, 5.74) is 1.43. The Hall–Kier alpha value is -1.95. The normalized spacial score (nSPS) is 12.9. The zero-order chi connectivity index (χ0) is 13.9. The summed E-state index contributed by atoms with van der Waals surface area (Å²) in [6.07, 6.45) is 2.75. The largest absolute Gasteiger partial charge is 0.467 e. The van der Waals surface area contributed by atoms with Crippen molar-refractivity contribution >= 4 is 21.4 Å². The zero-order valence-electron chi connectivity index (χ0n) is 10.8. The fraction of sp³-hybridized carbons (Fsp3) is 0.231. The predicted octanol–water partition coefficient (Wildman–Crippen LogP) is 2.82. The molecule has 19 heavy (non-hydrogen) atoms. The summed E-state index contributed by atoms with van der Waals surface area (Å²) in [5, 5.41) is 3.26. The van der Waals surface area contributed by atoms with Gasteiger partial charge in [0.1, 0.15) is 5.76 Å². The molecule has 0 aliphatic heterocycles. The molecular weight excluding hydrogens is 264 g/mol. The maximum Gasteiger partial charge on any atom is 0.229 e. The molecule has 0 amide bonds. The minimum atomic E-state index is -3.23. The highest BCUT2D eigenvalue weighted by atomic mass is 32.2. The van der Waals surface area contributed by atoms with E-state index in [0.29, 0.717) is 5.69 Å². The third-order valence-electron chi connectivity index (χ3n) is 2.54. The second kappa shape index (κ2) is 5.36. The van der Waals surface area contributed by atoms with Gasteiger partial charge in [0.15, 0.2) is 0 Å². The lowest BCUT2D eigenvalue weighted by molar-refractivity contribution is 0.490. The minimum Gasteiger partial charge on any atom is -0.467 e. The molecule has 0 spiro atoms. The van der Waals surface area contributed by atoms with Gasteiger partial charge in [-0.2, -0.15) is 0 Å². The smallest absolute Gasteiger partial charge is 0.229 e. The van der Waals surface area contributed by atoms with Gasteiger partial charge in [-0.1, -0.05) is 0 Å². The summed E-state index contributed by atoms with van der Waals surface area (Å²) in [7, 11) is -3.23. The van der Waals surface area contributed by atoms with Crippen LogP contribution in [0, 0.1) is 0 Å². The van der Waals surface area contributed by atoms with Crippen molar-refractivity contribution in [2.45, 2.75) is 13.0 Å². The lowest BCUT2D eigenvalue weighted by atomic mass is 10.2. The molecule has 0 bridgehead atoms. The van der Waals surface area contributed by atoms with Crippen molar-refractivity contribution in [1.29, 1.82) is 0 Å². The molecule has 0 fully saturated rings. The van der Waals surface area contributed by atoms with Crippen LogP contribution in [0.15, 0.2) is 47.1 Å². The topological polar surface area (TPSA) is 71.3 Å². The average molecular weight is 280 g/mol. The lowest BCUT2D eigenvalue weighted by Gasteiger charge is -2.13. The van der Waals surface area contributed by atoms with Crippen molar-refractivity contribution in [3.8, 4) is 0 Å². The van der Waals surface area contributed by atoms with Crippen LogP contribution in [0.25, 0.3) is 0 Å². The van der Waals surface area contributed by atoms with Gasteiger partial charge in [0.2, 0.25) is 10.0 Å². The quantitative estimate of drug-likeness (QED) is 0.883. The number of hydrogen-bond acceptors (Lipinski definition) is 4. The van der Waals surface area contributed by atoms with Crippen LogP contribution in [0.4, 0.5) is 11.4 Å². The fourth-order valence-electron chi connectivity index (χ4n) is 1.71. The summed E-state index contributed by atoms with van der Waals surface area (Å²) in [6.45, 7) is 1.99. The van der Waals surface area contributed by atoms with Gasteiger partial charge < -0.3 is 9.73 Å². The van der Waals surface area contributed by atoms with E-state index in [9.17, 15) is 8.42 Å². The number of sulfonamides is 1. The first kappa shape index (κ1) is 13.5. The Bertz CT molecular complexity index is 618. The number of rotatable bonds is 5. The SMILES string of the molecule is CC(Nc1ccc(NS(C)(=O)=O)cc1)c1ccco1. The van der Waals surface area contributed by atoms with Gasteiger partial charge in [-0.3, -0.25) is 4.72 Å². The van der Waals surface area contributed by atoms with Crippen LogP contribution in [-0.4, -0.2) is 14.7 Å². The molecule has 6 heteroatoms. The highest BCUT2D eigenvalue weighted by Crippen LogP contribution is 2.21. The summed E-state index contributed by atoms with van der Waals surface area (Å²) in [4.78, 5) is 0. The van der Waals surface area contributed by atoms with Crippen LogP contribution >= 0.6 is 0 Å². The molecule has 2 N–H and O–H groups in total. The standard InChI is InChI=1S/C13H16N2O3S/c1-10(13-4-3-9-18-13)14-11-5-7-12(8-6-11)15-19(2,16)17/h3-10,14-15H,1-2H3. The zero-order valence-corrected chi connectivity index (χ0v) is 11.6. The molecule has 1 heterocycles. The van der Waals surface area contributed by atoms with Crippen LogP contribution in [0.2, 0.25) is 0 Å². The second-order valence-electron chi connectivity index (χ2n) is 4.33. The molecule has 1 aromatic carbocycles. The van der Waals surface area contributed by atoms with E-state index in [1.165, 1.54) is 0 Å². The Balaban J connectivity index is 2.03. The van der Waals surface area contributed by atoms with E-state index in [-0.39, 0.29) is 6.04 Å². The first-order valence-corrected chi connectivity index (χ1v) is 7.71. The van der Waals surface area contributed by atoms with Crippen molar-refractivity contribution in [3.63, 3.8) is 0 Å². The van der Waals surface area contributed by atoms with Crippen molar-refractivity contribution in [2.24, 2.45) is 0 Å². The van der Waals surface area contributed by atoms with Gasteiger partial charge in [-0.05, 0) is 43.3 Å². The van der Waals surface area contributed by atoms with Crippen molar-refractivity contribution in [1.82, 2.24) is 0 Å². The van der Waals surface area contributed by atoms with Gasteiger partial charge in [0, 0.05) is 11.4 Å². The van der Waals surface area contributed by atoms with E-state index in [1.54, 1.807) is 18.4 Å². The van der Waals surface area contributed by atoms with Crippen molar-refractivity contribution in [3.05, 3.63) is 48.4 Å². The van der Waals surface area contributed by atoms with Crippen LogP contribution in [0.1, 0.15) is 18.7 Å². The number of hydrogen-bond donors (Lipinski definition) is 2. The van der Waals surface area contributed by atoms with E-state index >= 15 is 0 Å². The summed E-state index contributed by atoms with van der Waals surface area (Å²) in [5.74, 6) is 0.846. The molecule has 0 radical (unpaired) electrons. The van der Waals surface area contributed by atoms with Crippen LogP contribution in [-0.2, 0) is 10.0 Å². The van der Waals surface area contributed by atoms with E-state index in [4.69, 9.17) is 4.42 Å². The molecule has 1 unspecified atom stereocenters. The van der Waals surface area contributed by atoms with Crippen LogP contribution in [0.3, 0.4) is 0 Å². The van der Waals surface area contributed by atoms with Gasteiger partial charge in [0.05, 0.1) is 18.6 Å². The maximum atomic E-state index is 11.1. The predicted molar refractivity (Wildman–Crippen MR) is 75.7 cm³/mol. The fourth-order valence-corrected chi connectivity index (χ4v) is 2.27. The Morgan fingerprint density at radius 1 is 1.11 bits per heavy atom. The van der Waals surface area contributed by atoms with Gasteiger partial charge >= 0.3 is 0 Å². The highest BCUT2D eigenvalue weighted by Gasteiger charge is 2.08. The van der Waals surface area contributed by atoms with E-state index in [1.807, 2.05) is 31.2 Å². The van der Waals surface area contributed by atoms with Crippen molar-refractivity contribution in [2.75, 3.05) is 16.3 Å². The van der Waals surface area contributed by atoms with Gasteiger partial charge in [-0.25, -0.2) is 8.42 Å². The Morgan fingerprint density at radius 3 is 2.26 bits per heavy atom. The molecule has 2 aromatic rings. The molecule has 1 atom stereocenters. The van der Waals surface area contributed by atoms with Crippen molar-refractivity contribution < 1.29 is 12.8 Å². The number of anilines is 2. The first-order valence-electron chi connectivity index (χ1n) is 5.82. The van der Waals surface area contributed by atoms with E-state index in [2.05, 4.69) is 10.0 Å². The summed E-state index contributed by atoms with van der Waals surface area (Å²) < 4.78 is 29.9. The van der Waals surface area contributed by atoms with Gasteiger partial charge in [-0.15, -0.1) is 0 Å². The molecule has 5 nitrogen and oxygen atoms in total. The number of nitrogens with one attached hydrogen (secondary N) is 2. The number of furan rings is 1. The summed E-state index contributed by atoms with van der Waals surface area (Å²) in [6, 6.07) is 10.8. The molecule has 0 saturated carbocycles. The molecule has 102 valence electrons. The Kier molecular flexibility index (Phi) is 3.80. The molecule has 0 aliphatic carbocycles. The van der Waals surface area contributed by atoms with Gasteiger partial charge in [0.25, 0.3) is 0 Å². The third-order valence-corrected chi connectivity index (χ3v) is 3.15. The van der Waals surface area contributed by atoms with Crippen LogP contribution < -0.4 is 10.0 Å². The average Bonchev–Trinajstić information content (AvgIpc) is 2.83. The molecular formula is C13H16N2O3S. The lowest BCUT2D eigenvalue weighted by Crippen LogP contribution is -2.09. The Morgan fingerprint density at radius 2 is 1.74 bits per heavy atom. The first-order chi connectivity index (χ1) is 8.94. The third kappa shape index (κ3) is 4.03. The molecule has 0 saturated heterocycles. The molecule has 2 rings (SSSR count). The van der Waals surface area contributed by atoms with Crippen LogP contribution in [0.5, 0.6) is 0 Å².